The standard InChI is InChI=1S/C4H10N2O2.ClH/c1-3(2)6(5)4(7)8;/h3H,5H2,1-2H3,(H,7,8);1H. The molecule has 0 rings (SSSR count). The molecule has 0 spiro atoms. The Bertz CT molecular complexity index is 96.6. The molecule has 0 aliphatic heterocycles. The van der Waals surface area contributed by atoms with E-state index in [2.05, 4.69) is 0 Å². The summed E-state index contributed by atoms with van der Waals surface area (Å²) in [6.07, 6.45) is -1.10. The van der Waals surface area contributed by atoms with Crippen molar-refractivity contribution in [2.75, 3.05) is 0 Å². The molecular formula is C4H11ClN2O2. The van der Waals surface area contributed by atoms with Gasteiger partial charge in [-0.3, -0.25) is 0 Å². The van der Waals surface area contributed by atoms with E-state index in [1.807, 2.05) is 0 Å². The van der Waals surface area contributed by atoms with Gasteiger partial charge in [-0.15, -0.1) is 12.4 Å². The number of hydrogen-bond donors (Lipinski definition) is 2. The lowest BCUT2D eigenvalue weighted by Crippen LogP contribution is -2.41. The van der Waals surface area contributed by atoms with Gasteiger partial charge in [-0.1, -0.05) is 0 Å². The van der Waals surface area contributed by atoms with Gasteiger partial charge in [-0.2, -0.15) is 0 Å². The molecule has 0 aliphatic rings. The highest BCUT2D eigenvalue weighted by molar-refractivity contribution is 5.85. The Balaban J connectivity index is 0. The first kappa shape index (κ1) is 11.3. The van der Waals surface area contributed by atoms with Crippen LogP contribution in [0.3, 0.4) is 0 Å². The van der Waals surface area contributed by atoms with Gasteiger partial charge in [-0.05, 0) is 13.8 Å². The van der Waals surface area contributed by atoms with E-state index in [0.29, 0.717) is 0 Å². The van der Waals surface area contributed by atoms with Crippen molar-refractivity contribution in [1.29, 1.82) is 0 Å². The zero-order valence-electron chi connectivity index (χ0n) is 5.37. The number of hydrazine groups is 1. The van der Waals surface area contributed by atoms with Crippen LogP contribution in [0.5, 0.6) is 0 Å². The van der Waals surface area contributed by atoms with Crippen molar-refractivity contribution in [2.24, 2.45) is 5.84 Å². The molecule has 0 saturated carbocycles. The molecule has 5 heteroatoms. The maximum Gasteiger partial charge on any atom is 0.421 e. The van der Waals surface area contributed by atoms with Crippen LogP contribution in [0.2, 0.25) is 0 Å². The number of carbonyl (C=O) groups is 1. The van der Waals surface area contributed by atoms with Crippen LogP contribution in [0.1, 0.15) is 13.8 Å². The second-order valence-corrected chi connectivity index (χ2v) is 1.78. The van der Waals surface area contributed by atoms with Gasteiger partial charge in [0.25, 0.3) is 0 Å². The van der Waals surface area contributed by atoms with Gasteiger partial charge in [0, 0.05) is 6.04 Å². The first-order valence-electron chi connectivity index (χ1n) is 2.32. The summed E-state index contributed by atoms with van der Waals surface area (Å²) in [5.41, 5.74) is 0. The third-order valence-corrected chi connectivity index (χ3v) is 0.777. The lowest BCUT2D eigenvalue weighted by Gasteiger charge is -2.15. The Hall–Kier alpha value is -0.480. The summed E-state index contributed by atoms with van der Waals surface area (Å²) in [6.45, 7) is 3.40. The fourth-order valence-corrected chi connectivity index (χ4v) is 0.221. The molecule has 9 heavy (non-hydrogen) atoms. The van der Waals surface area contributed by atoms with Crippen LogP contribution in [0.4, 0.5) is 4.79 Å². The van der Waals surface area contributed by atoms with E-state index in [0.717, 1.165) is 5.01 Å². The molecule has 0 unspecified atom stereocenters. The van der Waals surface area contributed by atoms with E-state index in [-0.39, 0.29) is 18.4 Å². The summed E-state index contributed by atoms with van der Waals surface area (Å²) in [4.78, 5) is 9.94. The molecule has 0 bridgehead atoms. The summed E-state index contributed by atoms with van der Waals surface area (Å²) < 4.78 is 0. The van der Waals surface area contributed by atoms with Crippen LogP contribution in [0.15, 0.2) is 0 Å². The van der Waals surface area contributed by atoms with Gasteiger partial charge >= 0.3 is 6.09 Å². The van der Waals surface area contributed by atoms with E-state index in [9.17, 15) is 4.79 Å². The van der Waals surface area contributed by atoms with E-state index < -0.39 is 6.09 Å². The number of amides is 1. The molecule has 3 N–H and O–H groups in total. The third kappa shape index (κ3) is 4.05. The average molecular weight is 155 g/mol. The second kappa shape index (κ2) is 4.40. The fourth-order valence-electron chi connectivity index (χ4n) is 0.221. The molecule has 0 heterocycles. The molecule has 0 aromatic heterocycles. The smallest absolute Gasteiger partial charge is 0.421 e. The van der Waals surface area contributed by atoms with E-state index in [1.165, 1.54) is 0 Å². The predicted octanol–water partition coefficient (Wildman–Crippen LogP) is 0.670. The van der Waals surface area contributed by atoms with Gasteiger partial charge in [0.05, 0.1) is 0 Å². The molecule has 4 nitrogen and oxygen atoms in total. The van der Waals surface area contributed by atoms with Gasteiger partial charge in [0.2, 0.25) is 0 Å². The number of nitrogens with two attached hydrogens (primary N) is 1. The Morgan fingerprint density at radius 3 is 2.00 bits per heavy atom. The Labute approximate surface area is 60.0 Å². The van der Waals surface area contributed by atoms with Crippen LogP contribution in [-0.2, 0) is 0 Å². The summed E-state index contributed by atoms with van der Waals surface area (Å²) in [5, 5.41) is 8.90. The highest BCUT2D eigenvalue weighted by atomic mass is 35.5. The third-order valence-electron chi connectivity index (χ3n) is 0.777. The molecule has 0 aromatic rings. The lowest BCUT2D eigenvalue weighted by molar-refractivity contribution is 0.132. The Morgan fingerprint density at radius 2 is 2.00 bits per heavy atom. The summed E-state index contributed by atoms with van der Waals surface area (Å²) in [5.74, 6) is 4.99. The Kier molecular flexibility index (Phi) is 5.55. The van der Waals surface area contributed by atoms with Gasteiger partial charge in [0.15, 0.2) is 0 Å². The maximum atomic E-state index is 9.94. The number of carboxylic acid groups (broad SMARTS) is 1. The first-order chi connectivity index (χ1) is 3.55. The molecule has 0 aliphatic carbocycles. The van der Waals surface area contributed by atoms with Crippen molar-refractivity contribution in [2.45, 2.75) is 19.9 Å². The zero-order chi connectivity index (χ0) is 6.73. The van der Waals surface area contributed by atoms with Crippen molar-refractivity contribution in [1.82, 2.24) is 5.01 Å². The predicted molar refractivity (Wildman–Crippen MR) is 36.4 cm³/mol. The fraction of sp³-hybridized carbons (Fsp3) is 0.750. The molecule has 0 radical (unpaired) electrons. The maximum absolute atomic E-state index is 9.94. The summed E-state index contributed by atoms with van der Waals surface area (Å²) in [7, 11) is 0. The van der Waals surface area contributed by atoms with Crippen molar-refractivity contribution in [3.8, 4) is 0 Å². The van der Waals surface area contributed by atoms with Crippen LogP contribution in [0, 0.1) is 0 Å². The summed E-state index contributed by atoms with van der Waals surface area (Å²) in [6, 6.07) is -0.146. The topological polar surface area (TPSA) is 66.6 Å². The van der Waals surface area contributed by atoms with Gasteiger partial charge in [0.1, 0.15) is 0 Å². The molecule has 56 valence electrons. The highest BCUT2D eigenvalue weighted by Crippen LogP contribution is 1.87. The second-order valence-electron chi connectivity index (χ2n) is 1.78. The van der Waals surface area contributed by atoms with Crippen LogP contribution >= 0.6 is 12.4 Å². The molecule has 0 saturated heterocycles. The van der Waals surface area contributed by atoms with Crippen molar-refractivity contribution >= 4 is 18.5 Å². The minimum Gasteiger partial charge on any atom is -0.464 e. The average Bonchev–Trinajstić information content (AvgIpc) is 1.64. The normalized spacial score (nSPS) is 8.44. The molecule has 0 atom stereocenters. The number of hydrogen-bond acceptors (Lipinski definition) is 2. The Morgan fingerprint density at radius 1 is 1.67 bits per heavy atom. The first-order valence-corrected chi connectivity index (χ1v) is 2.32. The lowest BCUT2D eigenvalue weighted by atomic mass is 10.4. The molecule has 1 amide bonds. The molecular weight excluding hydrogens is 144 g/mol. The SMILES string of the molecule is CC(C)N(N)C(=O)O.Cl. The monoisotopic (exact) mass is 154 g/mol. The quantitative estimate of drug-likeness (QED) is 0.332. The zero-order valence-corrected chi connectivity index (χ0v) is 6.18. The van der Waals surface area contributed by atoms with Crippen molar-refractivity contribution < 1.29 is 9.90 Å². The largest absolute Gasteiger partial charge is 0.464 e. The van der Waals surface area contributed by atoms with Crippen LogP contribution in [-0.4, -0.2) is 22.3 Å². The van der Waals surface area contributed by atoms with Gasteiger partial charge < -0.3 is 5.11 Å². The minimum atomic E-state index is -1.10. The van der Waals surface area contributed by atoms with Gasteiger partial charge in [-0.25, -0.2) is 15.6 Å². The van der Waals surface area contributed by atoms with Crippen LogP contribution < -0.4 is 5.84 Å². The number of rotatable bonds is 1. The highest BCUT2D eigenvalue weighted by Gasteiger charge is 2.08. The molecule has 0 aromatic carbocycles. The number of halogens is 1. The van der Waals surface area contributed by atoms with Crippen molar-refractivity contribution in [3.05, 3.63) is 0 Å². The minimum absolute atomic E-state index is 0. The summed E-state index contributed by atoms with van der Waals surface area (Å²) >= 11 is 0. The van der Waals surface area contributed by atoms with E-state index in [1.54, 1.807) is 13.8 Å². The number of nitrogens with zero attached hydrogens (tertiary/aromatic N) is 1. The van der Waals surface area contributed by atoms with Crippen LogP contribution in [0.25, 0.3) is 0 Å². The van der Waals surface area contributed by atoms with E-state index >= 15 is 0 Å². The molecule has 0 fully saturated rings. The van der Waals surface area contributed by atoms with E-state index in [4.69, 9.17) is 10.9 Å². The van der Waals surface area contributed by atoms with Crippen molar-refractivity contribution in [3.63, 3.8) is 0 Å².